The summed E-state index contributed by atoms with van der Waals surface area (Å²) >= 11 is 0. The fourth-order valence-electron chi connectivity index (χ4n) is 6.17. The van der Waals surface area contributed by atoms with Crippen molar-refractivity contribution in [2.45, 2.75) is 64.8 Å². The number of fused-ring (bicyclic) bond motifs is 2. The largest absolute Gasteiger partial charge is 0.490 e. The van der Waals surface area contributed by atoms with Crippen LogP contribution in [0.25, 0.3) is 0 Å². The van der Waals surface area contributed by atoms with Crippen LogP contribution in [0.4, 0.5) is 16.2 Å². The molecule has 274 valence electrons. The number of benzene rings is 3. The summed E-state index contributed by atoms with van der Waals surface area (Å²) in [5.74, 6) is 0.108. The number of aromatic carboxylic acids is 1. The SMILES string of the molecule is C[C@@H]1CCCCO[C@@H](CN(C)Cc2ccc(C(=O)O)cc2)[C@H](C)CN([C@@H](C)CO)C(=O)c2cc(NC(=O)Nc3ccc4c(c3)OCO4)ccc2O1. The molecule has 0 aliphatic carbocycles. The van der Waals surface area contributed by atoms with Gasteiger partial charge in [-0.15, -0.1) is 0 Å². The highest BCUT2D eigenvalue weighted by atomic mass is 16.7. The molecule has 0 unspecified atom stereocenters. The molecule has 0 saturated carbocycles. The number of urea groups is 1. The third-order valence-corrected chi connectivity index (χ3v) is 9.08. The molecule has 0 bridgehead atoms. The van der Waals surface area contributed by atoms with Gasteiger partial charge in [-0.05, 0) is 88.2 Å². The molecule has 4 atom stereocenters. The number of anilines is 2. The van der Waals surface area contributed by atoms with Gasteiger partial charge < -0.3 is 44.7 Å². The Morgan fingerprint density at radius 2 is 1.65 bits per heavy atom. The molecule has 0 radical (unpaired) electrons. The van der Waals surface area contributed by atoms with Crippen molar-refractivity contribution in [2.75, 3.05) is 50.8 Å². The monoisotopic (exact) mass is 704 g/mol. The van der Waals surface area contributed by atoms with Crippen LogP contribution in [-0.2, 0) is 11.3 Å². The summed E-state index contributed by atoms with van der Waals surface area (Å²) in [5.41, 5.74) is 2.38. The summed E-state index contributed by atoms with van der Waals surface area (Å²) in [7, 11) is 1.98. The van der Waals surface area contributed by atoms with Crippen molar-refractivity contribution < 1.29 is 43.5 Å². The number of likely N-dealkylation sites (N-methyl/N-ethyl adjacent to an activating group) is 1. The molecular formula is C38H48N4O9. The standard InChI is InChI=1S/C38H48N4O9/c1-24-19-42(25(2)22-43)36(44)31-17-29(39-38(47)40-30-13-15-33-34(18-30)50-23-49-33)12-14-32(31)51-26(3)7-5-6-16-48-35(24)21-41(4)20-27-8-10-28(11-9-27)37(45)46/h8-15,17-18,24-26,35,43H,5-7,16,19-23H2,1-4H3,(H,45,46)(H2,39,40,47)/t24-,25+,26-,35+/m1/s1. The lowest BCUT2D eigenvalue weighted by atomic mass is 10.0. The van der Waals surface area contributed by atoms with E-state index in [4.69, 9.17) is 18.9 Å². The first-order valence-electron chi connectivity index (χ1n) is 17.3. The van der Waals surface area contributed by atoms with E-state index in [9.17, 15) is 24.6 Å². The Hall–Kier alpha value is -4.85. The topological polar surface area (TPSA) is 159 Å². The predicted molar refractivity (Wildman–Crippen MR) is 192 cm³/mol. The molecule has 0 saturated heterocycles. The van der Waals surface area contributed by atoms with Crippen LogP contribution in [-0.4, -0.2) is 96.3 Å². The van der Waals surface area contributed by atoms with Gasteiger partial charge in [0.05, 0.1) is 36.0 Å². The second-order valence-corrected chi connectivity index (χ2v) is 13.4. The van der Waals surface area contributed by atoms with Gasteiger partial charge in [0.2, 0.25) is 6.79 Å². The highest BCUT2D eigenvalue weighted by molar-refractivity contribution is 6.02. The molecule has 0 aromatic heterocycles. The number of aliphatic hydroxyl groups is 1. The fraction of sp³-hybridized carbons (Fsp3) is 0.447. The summed E-state index contributed by atoms with van der Waals surface area (Å²) in [6, 6.07) is 15.9. The number of carbonyl (C=O) groups is 3. The number of nitrogens with zero attached hydrogens (tertiary/aromatic N) is 2. The number of carboxylic acids is 1. The molecular weight excluding hydrogens is 656 g/mol. The van der Waals surface area contributed by atoms with E-state index in [0.29, 0.717) is 54.9 Å². The van der Waals surface area contributed by atoms with Crippen molar-refractivity contribution in [1.29, 1.82) is 0 Å². The number of carboxylic acid groups (broad SMARTS) is 1. The Morgan fingerprint density at radius 3 is 2.35 bits per heavy atom. The summed E-state index contributed by atoms with van der Waals surface area (Å²) in [4.78, 5) is 42.5. The number of hydrogen-bond donors (Lipinski definition) is 4. The van der Waals surface area contributed by atoms with E-state index in [1.54, 1.807) is 60.4 Å². The first-order chi connectivity index (χ1) is 24.5. The van der Waals surface area contributed by atoms with Crippen LogP contribution in [0.1, 0.15) is 66.3 Å². The number of nitrogens with one attached hydrogen (secondary N) is 2. The van der Waals surface area contributed by atoms with Gasteiger partial charge in [-0.1, -0.05) is 19.1 Å². The Kier molecular flexibility index (Phi) is 12.8. The van der Waals surface area contributed by atoms with E-state index in [1.165, 1.54) is 0 Å². The van der Waals surface area contributed by atoms with Crippen molar-refractivity contribution in [3.05, 3.63) is 77.4 Å². The van der Waals surface area contributed by atoms with E-state index >= 15 is 0 Å². The van der Waals surface area contributed by atoms with Gasteiger partial charge in [0.15, 0.2) is 11.5 Å². The molecule has 3 aromatic carbocycles. The zero-order chi connectivity index (χ0) is 36.5. The highest BCUT2D eigenvalue weighted by Crippen LogP contribution is 2.34. The molecule has 4 N–H and O–H groups in total. The van der Waals surface area contributed by atoms with Crippen LogP contribution in [0, 0.1) is 5.92 Å². The Morgan fingerprint density at radius 1 is 0.961 bits per heavy atom. The zero-order valence-corrected chi connectivity index (χ0v) is 29.6. The minimum Gasteiger partial charge on any atom is -0.490 e. The average molecular weight is 705 g/mol. The molecule has 3 amide bonds. The lowest BCUT2D eigenvalue weighted by molar-refractivity contribution is -0.0177. The van der Waals surface area contributed by atoms with E-state index in [2.05, 4.69) is 15.5 Å². The van der Waals surface area contributed by atoms with Gasteiger partial charge in [-0.2, -0.15) is 0 Å². The van der Waals surface area contributed by atoms with E-state index < -0.39 is 18.0 Å². The number of ether oxygens (including phenoxy) is 4. The molecule has 2 heterocycles. The number of amides is 3. The maximum atomic E-state index is 14.4. The summed E-state index contributed by atoms with van der Waals surface area (Å²) < 4.78 is 23.5. The summed E-state index contributed by atoms with van der Waals surface area (Å²) in [6.07, 6.45) is 2.02. The molecule has 51 heavy (non-hydrogen) atoms. The first kappa shape index (κ1) is 37.4. The van der Waals surface area contributed by atoms with Gasteiger partial charge in [-0.25, -0.2) is 9.59 Å². The van der Waals surface area contributed by atoms with Gasteiger partial charge in [0.1, 0.15) is 5.75 Å². The normalized spacial score (nSPS) is 20.2. The second kappa shape index (κ2) is 17.4. The fourth-order valence-corrected chi connectivity index (χ4v) is 6.17. The van der Waals surface area contributed by atoms with Crippen LogP contribution >= 0.6 is 0 Å². The minimum absolute atomic E-state index is 0.122. The Balaban J connectivity index is 1.35. The average Bonchev–Trinajstić information content (AvgIpc) is 3.57. The molecule has 13 heteroatoms. The molecule has 3 aromatic rings. The molecule has 13 nitrogen and oxygen atoms in total. The third kappa shape index (κ3) is 10.1. The van der Waals surface area contributed by atoms with Gasteiger partial charge in [0.25, 0.3) is 5.91 Å². The van der Waals surface area contributed by atoms with Crippen molar-refractivity contribution in [3.63, 3.8) is 0 Å². The highest BCUT2D eigenvalue weighted by Gasteiger charge is 2.30. The maximum Gasteiger partial charge on any atom is 0.335 e. The van der Waals surface area contributed by atoms with Crippen LogP contribution in [0.3, 0.4) is 0 Å². The van der Waals surface area contributed by atoms with Crippen molar-refractivity contribution in [1.82, 2.24) is 9.80 Å². The number of rotatable bonds is 9. The first-order valence-corrected chi connectivity index (χ1v) is 17.3. The molecule has 0 spiro atoms. The second-order valence-electron chi connectivity index (χ2n) is 13.4. The van der Waals surface area contributed by atoms with Crippen molar-refractivity contribution >= 4 is 29.3 Å². The number of aliphatic hydroxyl groups excluding tert-OH is 1. The van der Waals surface area contributed by atoms with Gasteiger partial charge >= 0.3 is 12.0 Å². The lowest BCUT2D eigenvalue weighted by Gasteiger charge is -2.36. The van der Waals surface area contributed by atoms with E-state index in [0.717, 1.165) is 24.8 Å². The molecule has 0 fully saturated rings. The van der Waals surface area contributed by atoms with Gasteiger partial charge in [0, 0.05) is 49.6 Å². The van der Waals surface area contributed by atoms with E-state index in [1.807, 2.05) is 33.0 Å². The maximum absolute atomic E-state index is 14.4. The molecule has 2 aliphatic heterocycles. The summed E-state index contributed by atoms with van der Waals surface area (Å²) in [6.45, 7) is 7.66. The minimum atomic E-state index is -0.966. The summed E-state index contributed by atoms with van der Waals surface area (Å²) in [5, 5.41) is 25.1. The third-order valence-electron chi connectivity index (χ3n) is 9.08. The van der Waals surface area contributed by atoms with Gasteiger partial charge in [-0.3, -0.25) is 9.69 Å². The van der Waals surface area contributed by atoms with Crippen LogP contribution in [0.15, 0.2) is 60.7 Å². The molecule has 5 rings (SSSR count). The van der Waals surface area contributed by atoms with Crippen LogP contribution < -0.4 is 24.8 Å². The number of carbonyl (C=O) groups excluding carboxylic acids is 2. The van der Waals surface area contributed by atoms with Crippen molar-refractivity contribution in [2.24, 2.45) is 5.92 Å². The van der Waals surface area contributed by atoms with Crippen molar-refractivity contribution in [3.8, 4) is 17.2 Å². The zero-order valence-electron chi connectivity index (χ0n) is 29.6. The van der Waals surface area contributed by atoms with E-state index in [-0.39, 0.29) is 48.6 Å². The number of hydrogen-bond acceptors (Lipinski definition) is 9. The molecule has 2 aliphatic rings. The van der Waals surface area contributed by atoms with Crippen LogP contribution in [0.5, 0.6) is 17.2 Å². The smallest absolute Gasteiger partial charge is 0.335 e. The quantitative estimate of drug-likeness (QED) is 0.218. The predicted octanol–water partition coefficient (Wildman–Crippen LogP) is 5.69. The van der Waals surface area contributed by atoms with Crippen LogP contribution in [0.2, 0.25) is 0 Å². The lowest BCUT2D eigenvalue weighted by Crippen LogP contribution is -2.47. The Labute approximate surface area is 298 Å². The Bertz CT molecular complexity index is 1670.